The number of thioether (sulfide) groups is 1. The van der Waals surface area contributed by atoms with Crippen LogP contribution in [0.1, 0.15) is 12.5 Å². The second-order valence-electron chi connectivity index (χ2n) is 5.38. The highest BCUT2D eigenvalue weighted by Crippen LogP contribution is 2.37. The Bertz CT molecular complexity index is 876. The van der Waals surface area contributed by atoms with Crippen LogP contribution in [0.2, 0.25) is 0 Å². The molecule has 0 aromatic heterocycles. The monoisotopic (exact) mass is 371 g/mol. The van der Waals surface area contributed by atoms with Gasteiger partial charge >= 0.3 is 0 Å². The average molecular weight is 371 g/mol. The van der Waals surface area contributed by atoms with Crippen molar-refractivity contribution in [2.75, 3.05) is 18.6 Å². The zero-order chi connectivity index (χ0) is 18.7. The molecule has 0 saturated carbocycles. The van der Waals surface area contributed by atoms with Crippen LogP contribution in [-0.2, 0) is 4.79 Å². The van der Waals surface area contributed by atoms with Crippen LogP contribution < -0.4 is 14.4 Å². The zero-order valence-electron chi connectivity index (χ0n) is 14.3. The van der Waals surface area contributed by atoms with Crippen molar-refractivity contribution < 1.29 is 24.2 Å². The van der Waals surface area contributed by atoms with E-state index in [1.807, 2.05) is 6.92 Å². The molecule has 0 bridgehead atoms. The van der Waals surface area contributed by atoms with Crippen molar-refractivity contribution >= 4 is 34.7 Å². The molecular formula is C19H17NO5S. The molecule has 2 amide bonds. The van der Waals surface area contributed by atoms with Crippen LogP contribution in [-0.4, -0.2) is 30.0 Å². The fourth-order valence-electron chi connectivity index (χ4n) is 2.48. The van der Waals surface area contributed by atoms with Crippen LogP contribution in [0.25, 0.3) is 6.08 Å². The average Bonchev–Trinajstić information content (AvgIpc) is 2.91. The van der Waals surface area contributed by atoms with E-state index < -0.39 is 5.91 Å². The molecule has 2 aromatic rings. The highest BCUT2D eigenvalue weighted by molar-refractivity contribution is 8.19. The Balaban J connectivity index is 1.86. The number of ether oxygens (including phenoxy) is 2. The number of imide groups is 1. The van der Waals surface area contributed by atoms with E-state index in [0.29, 0.717) is 34.3 Å². The van der Waals surface area contributed by atoms with Gasteiger partial charge in [0.1, 0.15) is 5.75 Å². The number of carbonyl (C=O) groups excluding carboxylic acids is 2. The van der Waals surface area contributed by atoms with Crippen LogP contribution in [0.4, 0.5) is 10.5 Å². The van der Waals surface area contributed by atoms with Gasteiger partial charge in [0.25, 0.3) is 11.1 Å². The predicted molar refractivity (Wildman–Crippen MR) is 101 cm³/mol. The third-order valence-corrected chi connectivity index (χ3v) is 4.57. The Labute approximate surface area is 155 Å². The molecule has 0 unspecified atom stereocenters. The molecule has 1 heterocycles. The fourth-order valence-corrected chi connectivity index (χ4v) is 3.33. The molecule has 0 spiro atoms. The number of aromatic hydroxyl groups is 1. The smallest absolute Gasteiger partial charge is 0.298 e. The summed E-state index contributed by atoms with van der Waals surface area (Å²) in [5.74, 6) is 0.586. The van der Waals surface area contributed by atoms with Gasteiger partial charge in [-0.15, -0.1) is 0 Å². The first-order valence-corrected chi connectivity index (χ1v) is 8.73. The van der Waals surface area contributed by atoms with Crippen molar-refractivity contribution in [2.45, 2.75) is 6.92 Å². The van der Waals surface area contributed by atoms with E-state index >= 15 is 0 Å². The lowest BCUT2D eigenvalue weighted by Gasteiger charge is -2.13. The van der Waals surface area contributed by atoms with Gasteiger partial charge in [-0.05, 0) is 66.7 Å². The zero-order valence-corrected chi connectivity index (χ0v) is 15.1. The topological polar surface area (TPSA) is 76.1 Å². The first kappa shape index (κ1) is 17.9. The van der Waals surface area contributed by atoms with Crippen LogP contribution in [0.3, 0.4) is 0 Å². The number of hydrogen-bond acceptors (Lipinski definition) is 6. The van der Waals surface area contributed by atoms with E-state index in [0.717, 1.165) is 16.7 Å². The van der Waals surface area contributed by atoms with E-state index in [2.05, 4.69) is 0 Å². The summed E-state index contributed by atoms with van der Waals surface area (Å²) in [6.07, 6.45) is 1.60. The molecule has 26 heavy (non-hydrogen) atoms. The number of benzene rings is 2. The second kappa shape index (κ2) is 7.53. The molecule has 2 aromatic carbocycles. The molecular weight excluding hydrogens is 354 g/mol. The van der Waals surface area contributed by atoms with E-state index in [1.54, 1.807) is 42.5 Å². The van der Waals surface area contributed by atoms with Crippen LogP contribution in [0, 0.1) is 0 Å². The molecule has 7 heteroatoms. The minimum atomic E-state index is -0.392. The van der Waals surface area contributed by atoms with Gasteiger partial charge in [0.05, 0.1) is 24.3 Å². The van der Waals surface area contributed by atoms with Crippen LogP contribution >= 0.6 is 11.8 Å². The number of carbonyl (C=O) groups is 2. The van der Waals surface area contributed by atoms with Gasteiger partial charge in [0, 0.05) is 0 Å². The number of rotatable bonds is 5. The molecule has 0 atom stereocenters. The quantitative estimate of drug-likeness (QED) is 0.800. The molecule has 1 saturated heterocycles. The van der Waals surface area contributed by atoms with E-state index in [-0.39, 0.29) is 11.0 Å². The number of phenols is 1. The minimum absolute atomic E-state index is 0.00661. The largest absolute Gasteiger partial charge is 0.504 e. The first-order valence-electron chi connectivity index (χ1n) is 7.91. The third kappa shape index (κ3) is 3.52. The summed E-state index contributed by atoms with van der Waals surface area (Å²) in [5, 5.41) is 9.29. The first-order chi connectivity index (χ1) is 12.5. The Hall–Kier alpha value is -2.93. The lowest BCUT2D eigenvalue weighted by Crippen LogP contribution is -2.27. The van der Waals surface area contributed by atoms with E-state index in [4.69, 9.17) is 9.47 Å². The summed E-state index contributed by atoms with van der Waals surface area (Å²) in [6, 6.07) is 11.5. The molecule has 6 nitrogen and oxygen atoms in total. The van der Waals surface area contributed by atoms with Gasteiger partial charge in [-0.3, -0.25) is 9.59 Å². The SMILES string of the molecule is CCOc1ccc(N2C(=O)S/C(=C/c3ccc(O)c(OC)c3)C2=O)cc1. The normalized spacial score (nSPS) is 15.6. The summed E-state index contributed by atoms with van der Waals surface area (Å²) < 4.78 is 10.4. The molecule has 3 rings (SSSR count). The molecule has 1 N–H and O–H groups in total. The summed E-state index contributed by atoms with van der Waals surface area (Å²) in [5.41, 5.74) is 1.14. The molecule has 134 valence electrons. The van der Waals surface area contributed by atoms with Crippen LogP contribution in [0.15, 0.2) is 47.4 Å². The Morgan fingerprint density at radius 2 is 1.88 bits per heavy atom. The Kier molecular flexibility index (Phi) is 5.18. The maximum atomic E-state index is 12.7. The van der Waals surface area contributed by atoms with Gasteiger partial charge in [0.15, 0.2) is 11.5 Å². The molecule has 1 aliphatic rings. The lowest BCUT2D eigenvalue weighted by atomic mass is 10.2. The van der Waals surface area contributed by atoms with Gasteiger partial charge in [-0.2, -0.15) is 0 Å². The van der Waals surface area contributed by atoms with Crippen molar-refractivity contribution in [3.8, 4) is 17.2 Å². The number of hydrogen-bond donors (Lipinski definition) is 1. The number of amides is 2. The van der Waals surface area contributed by atoms with Crippen molar-refractivity contribution in [1.29, 1.82) is 0 Å². The molecule has 0 aliphatic carbocycles. The second-order valence-corrected chi connectivity index (χ2v) is 6.37. The molecule has 0 radical (unpaired) electrons. The maximum absolute atomic E-state index is 12.7. The van der Waals surface area contributed by atoms with Gasteiger partial charge < -0.3 is 14.6 Å². The van der Waals surface area contributed by atoms with Crippen molar-refractivity contribution in [2.24, 2.45) is 0 Å². The summed E-state index contributed by atoms with van der Waals surface area (Å²) in [4.78, 5) is 26.4. The number of anilines is 1. The minimum Gasteiger partial charge on any atom is -0.504 e. The highest BCUT2D eigenvalue weighted by atomic mass is 32.2. The van der Waals surface area contributed by atoms with E-state index in [1.165, 1.54) is 13.2 Å². The van der Waals surface area contributed by atoms with Crippen LogP contribution in [0.5, 0.6) is 17.2 Å². The van der Waals surface area contributed by atoms with Gasteiger partial charge in [-0.1, -0.05) is 6.07 Å². The van der Waals surface area contributed by atoms with Gasteiger partial charge in [-0.25, -0.2) is 4.90 Å². The highest BCUT2D eigenvalue weighted by Gasteiger charge is 2.36. The van der Waals surface area contributed by atoms with Gasteiger partial charge in [0.2, 0.25) is 0 Å². The predicted octanol–water partition coefficient (Wildman–Crippen LogP) is 4.04. The lowest BCUT2D eigenvalue weighted by molar-refractivity contribution is -0.113. The Morgan fingerprint density at radius 1 is 1.15 bits per heavy atom. The molecule has 1 aliphatic heterocycles. The van der Waals surface area contributed by atoms with Crippen molar-refractivity contribution in [3.63, 3.8) is 0 Å². The van der Waals surface area contributed by atoms with Crippen molar-refractivity contribution in [1.82, 2.24) is 0 Å². The number of phenolic OH excluding ortho intramolecular Hbond substituents is 1. The Morgan fingerprint density at radius 3 is 2.54 bits per heavy atom. The summed E-state index contributed by atoms with van der Waals surface area (Å²) in [7, 11) is 1.44. The summed E-state index contributed by atoms with van der Waals surface area (Å²) >= 11 is 0.868. The number of methoxy groups -OCH3 is 1. The number of nitrogens with zero attached hydrogens (tertiary/aromatic N) is 1. The summed E-state index contributed by atoms with van der Waals surface area (Å²) in [6.45, 7) is 2.42. The fraction of sp³-hybridized carbons (Fsp3) is 0.158. The van der Waals surface area contributed by atoms with E-state index in [9.17, 15) is 14.7 Å². The maximum Gasteiger partial charge on any atom is 0.298 e. The standard InChI is InChI=1S/C19H17NO5S/c1-3-25-14-7-5-13(6-8-14)20-18(22)17(26-19(20)23)11-12-4-9-15(21)16(10-12)24-2/h4-11,21H,3H2,1-2H3/b17-11+. The third-order valence-electron chi connectivity index (χ3n) is 3.70. The molecule has 1 fully saturated rings. The van der Waals surface area contributed by atoms with Crippen molar-refractivity contribution in [3.05, 3.63) is 52.9 Å².